The molecular formula is C15H11Cl3N2O3. The molecule has 0 unspecified atom stereocenters. The molecule has 0 aliphatic rings. The number of halogens is 3. The van der Waals surface area contributed by atoms with E-state index in [-0.39, 0.29) is 33.4 Å². The third-order valence-corrected chi connectivity index (χ3v) is 3.69. The van der Waals surface area contributed by atoms with Gasteiger partial charge in [-0.1, -0.05) is 34.8 Å². The van der Waals surface area contributed by atoms with E-state index in [1.54, 1.807) is 6.92 Å². The number of phenols is 2. The zero-order valence-electron chi connectivity index (χ0n) is 11.8. The van der Waals surface area contributed by atoms with Crippen LogP contribution in [0.2, 0.25) is 15.1 Å². The summed E-state index contributed by atoms with van der Waals surface area (Å²) in [6.07, 6.45) is 0. The standard InChI is InChI=1S/C15H11Cl3N2O3/c1-7(10-5-9(17)6-12(18)14(10)22)19-20-15(23)11-4-8(16)2-3-13(11)21/h2-6,21-22H,1H3,(H,20,23). The maximum absolute atomic E-state index is 12.0. The van der Waals surface area contributed by atoms with Crippen LogP contribution in [0.3, 0.4) is 0 Å². The van der Waals surface area contributed by atoms with Crippen LogP contribution >= 0.6 is 34.8 Å². The molecule has 0 atom stereocenters. The van der Waals surface area contributed by atoms with Crippen molar-refractivity contribution in [3.05, 3.63) is 56.5 Å². The van der Waals surface area contributed by atoms with Gasteiger partial charge < -0.3 is 10.2 Å². The van der Waals surface area contributed by atoms with Crippen LogP contribution in [-0.4, -0.2) is 21.8 Å². The molecule has 0 bridgehead atoms. The molecule has 1 amide bonds. The van der Waals surface area contributed by atoms with E-state index in [0.29, 0.717) is 10.0 Å². The van der Waals surface area contributed by atoms with Crippen LogP contribution in [0.5, 0.6) is 11.5 Å². The molecule has 0 spiro atoms. The Labute approximate surface area is 147 Å². The molecule has 2 aromatic rings. The number of rotatable bonds is 3. The van der Waals surface area contributed by atoms with Gasteiger partial charge in [-0.25, -0.2) is 5.43 Å². The second-order valence-corrected chi connectivity index (χ2v) is 5.86. The zero-order chi connectivity index (χ0) is 17.1. The fourth-order valence-corrected chi connectivity index (χ4v) is 2.45. The lowest BCUT2D eigenvalue weighted by Crippen LogP contribution is -2.19. The van der Waals surface area contributed by atoms with E-state index in [2.05, 4.69) is 10.5 Å². The second-order valence-electron chi connectivity index (χ2n) is 4.58. The van der Waals surface area contributed by atoms with Gasteiger partial charge in [-0.3, -0.25) is 4.79 Å². The summed E-state index contributed by atoms with van der Waals surface area (Å²) in [6.45, 7) is 1.56. The first-order valence-electron chi connectivity index (χ1n) is 6.31. The highest BCUT2D eigenvalue weighted by Crippen LogP contribution is 2.31. The van der Waals surface area contributed by atoms with Crippen molar-refractivity contribution < 1.29 is 15.0 Å². The minimum atomic E-state index is -0.656. The van der Waals surface area contributed by atoms with Gasteiger partial charge >= 0.3 is 0 Å². The molecule has 23 heavy (non-hydrogen) atoms. The van der Waals surface area contributed by atoms with Crippen molar-refractivity contribution >= 4 is 46.4 Å². The topological polar surface area (TPSA) is 81.9 Å². The second kappa shape index (κ2) is 7.08. The molecule has 0 radical (unpaired) electrons. The summed E-state index contributed by atoms with van der Waals surface area (Å²) in [6, 6.07) is 6.91. The summed E-state index contributed by atoms with van der Waals surface area (Å²) in [5, 5.41) is 24.1. The van der Waals surface area contributed by atoms with Crippen LogP contribution in [0.1, 0.15) is 22.8 Å². The third kappa shape index (κ3) is 4.07. The fourth-order valence-electron chi connectivity index (χ4n) is 1.79. The number of carbonyl (C=O) groups is 1. The van der Waals surface area contributed by atoms with E-state index in [0.717, 1.165) is 0 Å². The molecule has 0 saturated heterocycles. The number of nitrogens with zero attached hydrogens (tertiary/aromatic N) is 1. The fraction of sp³-hybridized carbons (Fsp3) is 0.0667. The molecule has 2 aromatic carbocycles. The van der Waals surface area contributed by atoms with Gasteiger partial charge in [0.2, 0.25) is 0 Å². The summed E-state index contributed by atoms with van der Waals surface area (Å²) >= 11 is 17.5. The minimum absolute atomic E-state index is 0.0256. The molecule has 3 N–H and O–H groups in total. The van der Waals surface area contributed by atoms with E-state index in [1.807, 2.05) is 0 Å². The number of aromatic hydroxyl groups is 2. The molecule has 2 rings (SSSR count). The lowest BCUT2D eigenvalue weighted by atomic mass is 10.1. The first-order chi connectivity index (χ1) is 10.8. The number of carbonyl (C=O) groups excluding carboxylic acids is 1. The zero-order valence-corrected chi connectivity index (χ0v) is 14.0. The average molecular weight is 374 g/mol. The first-order valence-corrected chi connectivity index (χ1v) is 7.44. The summed E-state index contributed by atoms with van der Waals surface area (Å²) in [5.41, 5.74) is 2.79. The molecular weight excluding hydrogens is 363 g/mol. The Kier molecular flexibility index (Phi) is 5.36. The molecule has 5 nitrogen and oxygen atoms in total. The number of hydrazone groups is 1. The maximum Gasteiger partial charge on any atom is 0.275 e. The SMILES string of the molecule is CC(=NNC(=O)c1cc(Cl)ccc1O)c1cc(Cl)cc(Cl)c1O. The molecule has 0 aliphatic heterocycles. The van der Waals surface area contributed by atoms with Gasteiger partial charge in [0.05, 0.1) is 16.3 Å². The third-order valence-electron chi connectivity index (χ3n) is 2.95. The average Bonchev–Trinajstić information content (AvgIpc) is 2.50. The summed E-state index contributed by atoms with van der Waals surface area (Å²) in [4.78, 5) is 12.0. The summed E-state index contributed by atoms with van der Waals surface area (Å²) in [5.74, 6) is -1.08. The van der Waals surface area contributed by atoms with Gasteiger partial charge in [-0.05, 0) is 37.3 Å². The van der Waals surface area contributed by atoms with Crippen LogP contribution in [0.4, 0.5) is 0 Å². The van der Waals surface area contributed by atoms with Gasteiger partial charge in [-0.15, -0.1) is 0 Å². The van der Waals surface area contributed by atoms with E-state index in [4.69, 9.17) is 34.8 Å². The van der Waals surface area contributed by atoms with E-state index in [1.165, 1.54) is 30.3 Å². The van der Waals surface area contributed by atoms with Crippen molar-refractivity contribution in [2.24, 2.45) is 5.10 Å². The molecule has 120 valence electrons. The monoisotopic (exact) mass is 372 g/mol. The predicted octanol–water partition coefficient (Wildman–Crippen LogP) is 4.21. The lowest BCUT2D eigenvalue weighted by Gasteiger charge is -2.08. The van der Waals surface area contributed by atoms with Crippen LogP contribution in [-0.2, 0) is 0 Å². The largest absolute Gasteiger partial charge is 0.507 e. The summed E-state index contributed by atoms with van der Waals surface area (Å²) in [7, 11) is 0. The Morgan fingerprint density at radius 3 is 2.39 bits per heavy atom. The highest BCUT2D eigenvalue weighted by molar-refractivity contribution is 6.36. The summed E-state index contributed by atoms with van der Waals surface area (Å²) < 4.78 is 0. The van der Waals surface area contributed by atoms with Crippen molar-refractivity contribution in [1.29, 1.82) is 0 Å². The number of hydrogen-bond acceptors (Lipinski definition) is 4. The maximum atomic E-state index is 12.0. The van der Waals surface area contributed by atoms with Crippen LogP contribution in [0, 0.1) is 0 Å². The quantitative estimate of drug-likeness (QED) is 0.557. The molecule has 0 fully saturated rings. The van der Waals surface area contributed by atoms with Crippen LogP contribution in [0.15, 0.2) is 35.4 Å². The van der Waals surface area contributed by atoms with Gasteiger partial charge in [0.1, 0.15) is 11.5 Å². The van der Waals surface area contributed by atoms with Crippen molar-refractivity contribution in [1.82, 2.24) is 5.43 Å². The van der Waals surface area contributed by atoms with Crippen molar-refractivity contribution in [3.8, 4) is 11.5 Å². The van der Waals surface area contributed by atoms with Gasteiger partial charge in [0.15, 0.2) is 0 Å². The predicted molar refractivity (Wildman–Crippen MR) is 90.9 cm³/mol. The smallest absolute Gasteiger partial charge is 0.275 e. The Balaban J connectivity index is 2.26. The molecule has 0 saturated carbocycles. The first kappa shape index (κ1) is 17.4. The number of amides is 1. The minimum Gasteiger partial charge on any atom is -0.507 e. The van der Waals surface area contributed by atoms with E-state index in [9.17, 15) is 15.0 Å². The van der Waals surface area contributed by atoms with Crippen LogP contribution < -0.4 is 5.43 Å². The van der Waals surface area contributed by atoms with Gasteiger partial charge in [0, 0.05) is 15.6 Å². The van der Waals surface area contributed by atoms with E-state index >= 15 is 0 Å². The Morgan fingerprint density at radius 2 is 1.70 bits per heavy atom. The molecule has 0 heterocycles. The molecule has 0 aromatic heterocycles. The number of hydrogen-bond donors (Lipinski definition) is 3. The lowest BCUT2D eigenvalue weighted by molar-refractivity contribution is 0.0952. The molecule has 0 aliphatic carbocycles. The van der Waals surface area contributed by atoms with Crippen LogP contribution in [0.25, 0.3) is 0 Å². The highest BCUT2D eigenvalue weighted by Gasteiger charge is 2.13. The Hall–Kier alpha value is -1.95. The Bertz CT molecular complexity index is 807. The number of benzene rings is 2. The number of nitrogens with one attached hydrogen (secondary N) is 1. The van der Waals surface area contributed by atoms with Crippen molar-refractivity contribution in [3.63, 3.8) is 0 Å². The van der Waals surface area contributed by atoms with Gasteiger partial charge in [-0.2, -0.15) is 5.10 Å². The highest BCUT2D eigenvalue weighted by atomic mass is 35.5. The van der Waals surface area contributed by atoms with Crippen molar-refractivity contribution in [2.75, 3.05) is 0 Å². The Morgan fingerprint density at radius 1 is 1.04 bits per heavy atom. The molecule has 8 heteroatoms. The van der Waals surface area contributed by atoms with E-state index < -0.39 is 5.91 Å². The van der Waals surface area contributed by atoms with Gasteiger partial charge in [0.25, 0.3) is 5.91 Å². The normalized spacial score (nSPS) is 11.4. The van der Waals surface area contributed by atoms with Crippen molar-refractivity contribution in [2.45, 2.75) is 6.92 Å². The number of phenolic OH excluding ortho intramolecular Hbond substituents is 2.